The first-order valence-corrected chi connectivity index (χ1v) is 7.98. The third-order valence-corrected chi connectivity index (χ3v) is 4.11. The molecule has 0 spiro atoms. The average Bonchev–Trinajstić information content (AvgIpc) is 2.52. The van der Waals surface area contributed by atoms with Crippen LogP contribution in [0.25, 0.3) is 6.08 Å². The van der Waals surface area contributed by atoms with Crippen LogP contribution in [0.15, 0.2) is 55.1 Å². The van der Waals surface area contributed by atoms with E-state index in [9.17, 15) is 0 Å². The van der Waals surface area contributed by atoms with Gasteiger partial charge in [-0.1, -0.05) is 88.4 Å². The van der Waals surface area contributed by atoms with Crippen LogP contribution in [0.3, 0.4) is 0 Å². The smallest absolute Gasteiger partial charge is 0.00895 e. The molecule has 0 heteroatoms. The van der Waals surface area contributed by atoms with Crippen molar-refractivity contribution < 1.29 is 0 Å². The topological polar surface area (TPSA) is 0 Å². The van der Waals surface area contributed by atoms with Gasteiger partial charge in [-0.3, -0.25) is 0 Å². The lowest BCUT2D eigenvalue weighted by molar-refractivity contribution is 0.696. The maximum atomic E-state index is 3.89. The van der Waals surface area contributed by atoms with Crippen molar-refractivity contribution in [3.05, 3.63) is 77.4 Å². The number of rotatable bonds is 6. The minimum atomic E-state index is 0.480. The van der Waals surface area contributed by atoms with Crippen molar-refractivity contribution in [2.45, 2.75) is 45.4 Å². The molecule has 0 radical (unpaired) electrons. The van der Waals surface area contributed by atoms with Crippen LogP contribution in [-0.2, 0) is 0 Å². The zero-order valence-corrected chi connectivity index (χ0v) is 13.5. The summed E-state index contributed by atoms with van der Waals surface area (Å²) in [5.41, 5.74) is 5.46. The van der Waals surface area contributed by atoms with Crippen molar-refractivity contribution >= 4 is 6.08 Å². The Morgan fingerprint density at radius 1 is 0.952 bits per heavy atom. The highest BCUT2D eigenvalue weighted by Crippen LogP contribution is 2.31. The van der Waals surface area contributed by atoms with Crippen LogP contribution in [0.2, 0.25) is 0 Å². The van der Waals surface area contributed by atoms with Crippen LogP contribution in [0.4, 0.5) is 0 Å². The van der Waals surface area contributed by atoms with Gasteiger partial charge in [-0.15, -0.1) is 0 Å². The van der Waals surface area contributed by atoms with Crippen LogP contribution < -0.4 is 0 Å². The van der Waals surface area contributed by atoms with Crippen LogP contribution in [0.5, 0.6) is 0 Å². The lowest BCUT2D eigenvalue weighted by Crippen LogP contribution is -2.02. The van der Waals surface area contributed by atoms with Crippen molar-refractivity contribution in [3.8, 4) is 0 Å². The maximum absolute atomic E-state index is 3.89. The Kier molecular flexibility index (Phi) is 5.38. The molecule has 2 rings (SSSR count). The van der Waals surface area contributed by atoms with Gasteiger partial charge in [-0.2, -0.15) is 0 Å². The van der Waals surface area contributed by atoms with E-state index in [1.807, 2.05) is 6.08 Å². The van der Waals surface area contributed by atoms with Crippen LogP contribution in [0.1, 0.15) is 67.7 Å². The molecule has 0 amide bonds. The molecule has 0 aliphatic heterocycles. The van der Waals surface area contributed by atoms with E-state index in [-0.39, 0.29) is 0 Å². The summed E-state index contributed by atoms with van der Waals surface area (Å²) in [6.07, 6.45) is 4.30. The molecule has 0 N–H and O–H groups in total. The van der Waals surface area contributed by atoms with Gasteiger partial charge in [0.05, 0.1) is 0 Å². The van der Waals surface area contributed by atoms with Crippen molar-refractivity contribution in [2.24, 2.45) is 0 Å². The lowest BCUT2D eigenvalue weighted by Gasteiger charge is -2.19. The molecule has 2 aromatic rings. The molecule has 0 heterocycles. The zero-order chi connectivity index (χ0) is 15.2. The molecule has 0 saturated carbocycles. The molecule has 0 fully saturated rings. The fraction of sp³-hybridized carbons (Fsp3) is 0.333. The van der Waals surface area contributed by atoms with Crippen LogP contribution in [-0.4, -0.2) is 0 Å². The van der Waals surface area contributed by atoms with Gasteiger partial charge in [0.25, 0.3) is 0 Å². The van der Waals surface area contributed by atoms with Crippen molar-refractivity contribution in [2.75, 3.05) is 0 Å². The highest BCUT2D eigenvalue weighted by Gasteiger charge is 2.14. The summed E-state index contributed by atoms with van der Waals surface area (Å²) < 4.78 is 0. The maximum Gasteiger partial charge on any atom is 0.00895 e. The van der Waals surface area contributed by atoms with Crippen molar-refractivity contribution in [1.29, 1.82) is 0 Å². The second-order valence-electron chi connectivity index (χ2n) is 6.04. The summed E-state index contributed by atoms with van der Waals surface area (Å²) >= 11 is 0. The zero-order valence-electron chi connectivity index (χ0n) is 13.5. The first-order valence-electron chi connectivity index (χ1n) is 7.98. The lowest BCUT2D eigenvalue weighted by atomic mass is 9.85. The molecule has 0 aromatic heterocycles. The van der Waals surface area contributed by atoms with E-state index in [0.717, 1.165) is 0 Å². The number of hydrogen-bond acceptors (Lipinski definition) is 0. The molecule has 0 aliphatic carbocycles. The summed E-state index contributed by atoms with van der Waals surface area (Å²) in [4.78, 5) is 0. The van der Waals surface area contributed by atoms with E-state index in [4.69, 9.17) is 0 Å². The quantitative estimate of drug-likeness (QED) is 0.574. The molecule has 0 aliphatic rings. The summed E-state index contributed by atoms with van der Waals surface area (Å²) in [7, 11) is 0. The highest BCUT2D eigenvalue weighted by atomic mass is 14.2. The van der Waals surface area contributed by atoms with Crippen molar-refractivity contribution in [1.82, 2.24) is 0 Å². The SMILES string of the molecule is C=Cc1cccc(C(CCC)c2cccc(C(C)C)c2)c1. The van der Waals surface area contributed by atoms with E-state index < -0.39 is 0 Å². The molecule has 21 heavy (non-hydrogen) atoms. The third kappa shape index (κ3) is 3.85. The van der Waals surface area contributed by atoms with Gasteiger partial charge in [-0.25, -0.2) is 0 Å². The minimum Gasteiger partial charge on any atom is -0.0985 e. The van der Waals surface area contributed by atoms with E-state index >= 15 is 0 Å². The molecule has 0 bridgehead atoms. The van der Waals surface area contributed by atoms with Gasteiger partial charge in [-0.05, 0) is 34.6 Å². The van der Waals surface area contributed by atoms with E-state index in [1.165, 1.54) is 35.1 Å². The summed E-state index contributed by atoms with van der Waals surface area (Å²) in [6.45, 7) is 10.7. The third-order valence-electron chi connectivity index (χ3n) is 4.11. The Labute approximate surface area is 129 Å². The van der Waals surface area contributed by atoms with Gasteiger partial charge in [0.15, 0.2) is 0 Å². The fourth-order valence-corrected chi connectivity index (χ4v) is 2.85. The van der Waals surface area contributed by atoms with Gasteiger partial charge >= 0.3 is 0 Å². The molecule has 1 atom stereocenters. The molecule has 1 unspecified atom stereocenters. The predicted octanol–water partition coefficient (Wildman–Crippen LogP) is 6.39. The first-order chi connectivity index (χ1) is 10.2. The van der Waals surface area contributed by atoms with E-state index in [1.54, 1.807) is 0 Å². The Morgan fingerprint density at radius 3 is 2.19 bits per heavy atom. The molecular weight excluding hydrogens is 252 g/mol. The fourth-order valence-electron chi connectivity index (χ4n) is 2.85. The monoisotopic (exact) mass is 278 g/mol. The second-order valence-corrected chi connectivity index (χ2v) is 6.04. The van der Waals surface area contributed by atoms with Gasteiger partial charge in [0.2, 0.25) is 0 Å². The standard InChI is InChI=1S/C21H26/c1-5-9-21(19-12-7-10-17(6-2)14-19)20-13-8-11-18(15-20)16(3)4/h6-8,10-16,21H,2,5,9H2,1,3-4H3. The Bertz CT molecular complexity index is 592. The Hall–Kier alpha value is -1.82. The largest absolute Gasteiger partial charge is 0.0985 e. The number of benzene rings is 2. The van der Waals surface area contributed by atoms with E-state index in [0.29, 0.717) is 11.8 Å². The molecule has 0 saturated heterocycles. The number of hydrogen-bond donors (Lipinski definition) is 0. The van der Waals surface area contributed by atoms with Crippen LogP contribution in [0, 0.1) is 0 Å². The van der Waals surface area contributed by atoms with Crippen LogP contribution >= 0.6 is 0 Å². The van der Waals surface area contributed by atoms with Gasteiger partial charge in [0, 0.05) is 5.92 Å². The summed E-state index contributed by atoms with van der Waals surface area (Å²) in [6, 6.07) is 17.9. The van der Waals surface area contributed by atoms with Gasteiger partial charge < -0.3 is 0 Å². The van der Waals surface area contributed by atoms with E-state index in [2.05, 4.69) is 75.9 Å². The highest BCUT2D eigenvalue weighted by molar-refractivity contribution is 5.49. The normalized spacial score (nSPS) is 12.4. The Morgan fingerprint density at radius 2 is 1.57 bits per heavy atom. The molecule has 110 valence electrons. The molecular formula is C21H26. The summed E-state index contributed by atoms with van der Waals surface area (Å²) in [5, 5.41) is 0. The second kappa shape index (κ2) is 7.26. The minimum absolute atomic E-state index is 0.480. The predicted molar refractivity (Wildman–Crippen MR) is 93.8 cm³/mol. The average molecular weight is 278 g/mol. The van der Waals surface area contributed by atoms with Crippen molar-refractivity contribution in [3.63, 3.8) is 0 Å². The van der Waals surface area contributed by atoms with Gasteiger partial charge in [0.1, 0.15) is 0 Å². The molecule has 2 aromatic carbocycles. The molecule has 0 nitrogen and oxygen atoms in total. The summed E-state index contributed by atoms with van der Waals surface area (Å²) in [5.74, 6) is 1.06. The first kappa shape index (κ1) is 15.6. The Balaban J connectivity index is 2.42.